The third-order valence-electron chi connectivity index (χ3n) is 3.22. The topological polar surface area (TPSA) is 58.3 Å². The first-order valence-corrected chi connectivity index (χ1v) is 6.37. The summed E-state index contributed by atoms with van der Waals surface area (Å²) in [5, 5.41) is 12.6. The van der Waals surface area contributed by atoms with Crippen LogP contribution < -0.4 is 5.32 Å². The van der Waals surface area contributed by atoms with Gasteiger partial charge in [-0.15, -0.1) is 0 Å². The smallest absolute Gasteiger partial charge is 0.181 e. The van der Waals surface area contributed by atoms with Gasteiger partial charge in [0.05, 0.1) is 6.61 Å². The van der Waals surface area contributed by atoms with Gasteiger partial charge in [0.15, 0.2) is 12.0 Å². The lowest BCUT2D eigenvalue weighted by Crippen LogP contribution is -2.38. The Kier molecular flexibility index (Phi) is 4.33. The highest BCUT2D eigenvalue weighted by Crippen LogP contribution is 2.14. The van der Waals surface area contributed by atoms with E-state index in [1.165, 1.54) is 12.0 Å². The van der Waals surface area contributed by atoms with Crippen molar-refractivity contribution in [1.82, 2.24) is 10.3 Å². The Labute approximate surface area is 107 Å². The van der Waals surface area contributed by atoms with E-state index in [1.807, 2.05) is 12.1 Å². The fourth-order valence-electron chi connectivity index (χ4n) is 1.97. The molecule has 4 nitrogen and oxygen atoms in total. The molecule has 2 N–H and O–H groups in total. The Morgan fingerprint density at radius 1 is 1.39 bits per heavy atom. The minimum atomic E-state index is 0.166. The Bertz CT molecular complexity index is 493. The summed E-state index contributed by atoms with van der Waals surface area (Å²) >= 11 is 0. The average molecular weight is 248 g/mol. The molecule has 0 aliphatic carbocycles. The molecule has 0 aliphatic rings. The number of benzene rings is 1. The molecule has 2 rings (SSSR count). The number of hydrogen-bond acceptors (Lipinski definition) is 4. The van der Waals surface area contributed by atoms with Gasteiger partial charge in [0, 0.05) is 6.04 Å². The van der Waals surface area contributed by atoms with E-state index in [4.69, 9.17) is 4.42 Å². The summed E-state index contributed by atoms with van der Waals surface area (Å²) in [4.78, 5) is 4.09. The number of nitrogens with zero attached hydrogens (tertiary/aromatic N) is 1. The van der Waals surface area contributed by atoms with E-state index in [9.17, 15) is 5.11 Å². The van der Waals surface area contributed by atoms with Gasteiger partial charge in [-0.1, -0.05) is 19.9 Å². The second-order valence-corrected chi connectivity index (χ2v) is 4.89. The molecule has 0 spiro atoms. The van der Waals surface area contributed by atoms with E-state index in [-0.39, 0.29) is 12.6 Å². The molecular formula is C14H20N2O2. The second kappa shape index (κ2) is 5.98. The molecule has 1 atom stereocenters. The molecule has 0 saturated carbocycles. The van der Waals surface area contributed by atoms with Crippen molar-refractivity contribution in [3.63, 3.8) is 0 Å². The molecule has 1 heterocycles. The van der Waals surface area contributed by atoms with E-state index >= 15 is 0 Å². The zero-order chi connectivity index (χ0) is 13.0. The fourth-order valence-corrected chi connectivity index (χ4v) is 1.97. The van der Waals surface area contributed by atoms with Crippen LogP contribution in [-0.4, -0.2) is 29.3 Å². The lowest BCUT2D eigenvalue weighted by atomic mass is 10.0. The first kappa shape index (κ1) is 13.1. The Balaban J connectivity index is 1.89. The lowest BCUT2D eigenvalue weighted by molar-refractivity contribution is 0.212. The van der Waals surface area contributed by atoms with Crippen LogP contribution in [0.25, 0.3) is 11.1 Å². The van der Waals surface area contributed by atoms with Gasteiger partial charge in [-0.2, -0.15) is 0 Å². The Hall–Kier alpha value is -1.39. The summed E-state index contributed by atoms with van der Waals surface area (Å²) in [5.41, 5.74) is 2.93. The maximum atomic E-state index is 9.22. The molecule has 0 fully saturated rings. The van der Waals surface area contributed by atoms with Crippen molar-refractivity contribution in [3.05, 3.63) is 30.2 Å². The van der Waals surface area contributed by atoms with Crippen molar-refractivity contribution in [1.29, 1.82) is 0 Å². The van der Waals surface area contributed by atoms with E-state index in [0.29, 0.717) is 5.92 Å². The summed E-state index contributed by atoms with van der Waals surface area (Å²) in [6.07, 6.45) is 2.38. The van der Waals surface area contributed by atoms with E-state index in [0.717, 1.165) is 24.1 Å². The van der Waals surface area contributed by atoms with Crippen LogP contribution in [-0.2, 0) is 6.42 Å². The van der Waals surface area contributed by atoms with Gasteiger partial charge in [-0.05, 0) is 36.6 Å². The maximum Gasteiger partial charge on any atom is 0.181 e. The van der Waals surface area contributed by atoms with Gasteiger partial charge >= 0.3 is 0 Å². The first-order valence-electron chi connectivity index (χ1n) is 6.37. The SMILES string of the molecule is CC(C)C(CO)NCCc1ccc2ncoc2c1. The number of oxazole rings is 1. The normalized spacial score (nSPS) is 13.3. The number of aliphatic hydroxyl groups excluding tert-OH is 1. The molecule has 98 valence electrons. The van der Waals surface area contributed by atoms with Gasteiger partial charge in [-0.3, -0.25) is 0 Å². The molecule has 0 amide bonds. The quantitative estimate of drug-likeness (QED) is 0.820. The molecule has 1 unspecified atom stereocenters. The van der Waals surface area contributed by atoms with Gasteiger partial charge < -0.3 is 14.8 Å². The molecule has 1 aromatic carbocycles. The Morgan fingerprint density at radius 2 is 2.22 bits per heavy atom. The van der Waals surface area contributed by atoms with Crippen molar-refractivity contribution in [2.24, 2.45) is 5.92 Å². The third kappa shape index (κ3) is 3.09. The highest BCUT2D eigenvalue weighted by atomic mass is 16.3. The number of fused-ring (bicyclic) bond motifs is 1. The van der Waals surface area contributed by atoms with Crippen molar-refractivity contribution >= 4 is 11.1 Å². The minimum absolute atomic E-state index is 0.166. The summed E-state index contributed by atoms with van der Waals surface area (Å²) in [6, 6.07) is 6.22. The minimum Gasteiger partial charge on any atom is -0.443 e. The largest absolute Gasteiger partial charge is 0.443 e. The standard InChI is InChI=1S/C14H20N2O2/c1-10(2)13(8-17)15-6-5-11-3-4-12-14(7-11)18-9-16-12/h3-4,7,9-10,13,15,17H,5-6,8H2,1-2H3. The predicted octanol–water partition coefficient (Wildman–Crippen LogP) is 1.98. The molecule has 4 heteroatoms. The van der Waals surface area contributed by atoms with Crippen LogP contribution in [0.3, 0.4) is 0 Å². The number of hydrogen-bond donors (Lipinski definition) is 2. The van der Waals surface area contributed by atoms with Gasteiger partial charge in [0.25, 0.3) is 0 Å². The van der Waals surface area contributed by atoms with Crippen LogP contribution in [0.1, 0.15) is 19.4 Å². The molecule has 18 heavy (non-hydrogen) atoms. The molecule has 0 radical (unpaired) electrons. The number of rotatable bonds is 6. The highest BCUT2D eigenvalue weighted by molar-refractivity contribution is 5.72. The van der Waals surface area contributed by atoms with Gasteiger partial charge in [0.1, 0.15) is 5.52 Å². The van der Waals surface area contributed by atoms with Gasteiger partial charge in [-0.25, -0.2) is 4.98 Å². The van der Waals surface area contributed by atoms with Crippen LogP contribution in [0, 0.1) is 5.92 Å². The Morgan fingerprint density at radius 3 is 2.94 bits per heavy atom. The maximum absolute atomic E-state index is 9.22. The van der Waals surface area contributed by atoms with Gasteiger partial charge in [0.2, 0.25) is 0 Å². The predicted molar refractivity (Wildman–Crippen MR) is 71.4 cm³/mol. The summed E-state index contributed by atoms with van der Waals surface area (Å²) in [7, 11) is 0. The molecule has 0 saturated heterocycles. The zero-order valence-corrected chi connectivity index (χ0v) is 10.9. The van der Waals surface area contributed by atoms with Crippen molar-refractivity contribution in [2.75, 3.05) is 13.2 Å². The zero-order valence-electron chi connectivity index (χ0n) is 10.9. The summed E-state index contributed by atoms with van der Waals surface area (Å²) in [6.45, 7) is 5.24. The highest BCUT2D eigenvalue weighted by Gasteiger charge is 2.10. The first-order chi connectivity index (χ1) is 8.70. The van der Waals surface area contributed by atoms with Crippen LogP contribution in [0.4, 0.5) is 0 Å². The average Bonchev–Trinajstić information content (AvgIpc) is 2.81. The summed E-state index contributed by atoms with van der Waals surface area (Å²) in [5.74, 6) is 0.437. The number of nitrogens with one attached hydrogen (secondary N) is 1. The fraction of sp³-hybridized carbons (Fsp3) is 0.500. The molecule has 0 bridgehead atoms. The number of aromatic nitrogens is 1. The van der Waals surface area contributed by atoms with E-state index < -0.39 is 0 Å². The van der Waals surface area contributed by atoms with Crippen LogP contribution >= 0.6 is 0 Å². The van der Waals surface area contributed by atoms with Crippen LogP contribution in [0.2, 0.25) is 0 Å². The summed E-state index contributed by atoms with van der Waals surface area (Å²) < 4.78 is 5.27. The monoisotopic (exact) mass is 248 g/mol. The second-order valence-electron chi connectivity index (χ2n) is 4.89. The molecule has 0 aliphatic heterocycles. The van der Waals surface area contributed by atoms with Crippen LogP contribution in [0.15, 0.2) is 29.0 Å². The molecule has 2 aromatic rings. The third-order valence-corrected chi connectivity index (χ3v) is 3.22. The van der Waals surface area contributed by atoms with Crippen molar-refractivity contribution < 1.29 is 9.52 Å². The molecular weight excluding hydrogens is 228 g/mol. The van der Waals surface area contributed by atoms with E-state index in [2.05, 4.69) is 30.2 Å². The number of aliphatic hydroxyl groups is 1. The molecule has 1 aromatic heterocycles. The van der Waals surface area contributed by atoms with Crippen LogP contribution in [0.5, 0.6) is 0 Å². The van der Waals surface area contributed by atoms with E-state index in [1.54, 1.807) is 0 Å². The lowest BCUT2D eigenvalue weighted by Gasteiger charge is -2.19. The van der Waals surface area contributed by atoms with Crippen molar-refractivity contribution in [3.8, 4) is 0 Å². The van der Waals surface area contributed by atoms with Crippen molar-refractivity contribution in [2.45, 2.75) is 26.3 Å².